The third-order valence-electron chi connectivity index (χ3n) is 5.32. The predicted molar refractivity (Wildman–Crippen MR) is 119 cm³/mol. The van der Waals surface area contributed by atoms with E-state index >= 15 is 0 Å². The zero-order chi connectivity index (χ0) is 20.5. The van der Waals surface area contributed by atoms with E-state index in [0.29, 0.717) is 6.42 Å². The second-order valence-corrected chi connectivity index (χ2v) is 12.6. The fourth-order valence-electron chi connectivity index (χ4n) is 3.22. The Balaban J connectivity index is 3.09. The minimum Gasteiger partial charge on any atom is -0.455 e. The minimum atomic E-state index is -2.02. The molecule has 27 heavy (non-hydrogen) atoms. The van der Waals surface area contributed by atoms with Gasteiger partial charge in [-0.3, -0.25) is 0 Å². The molecule has 0 saturated carbocycles. The van der Waals surface area contributed by atoms with Gasteiger partial charge in [0.1, 0.15) is 6.10 Å². The summed E-state index contributed by atoms with van der Waals surface area (Å²) in [5.74, 6) is -0.360. The Bertz CT molecular complexity index is 550. The lowest BCUT2D eigenvalue weighted by atomic mass is 9.93. The van der Waals surface area contributed by atoms with Gasteiger partial charge in [-0.25, -0.2) is 4.79 Å². The van der Waals surface area contributed by atoms with Crippen molar-refractivity contribution in [3.05, 3.63) is 34.5 Å². The molecule has 0 fully saturated rings. The SMILES string of the molecule is CC[Si](CC)(CC)O[C@](C)(/C=C/[C@H]1CC=CC(=O)O1)[C@H](O)C[C@H](O)/C=C\I. The largest absolute Gasteiger partial charge is 0.455 e. The number of hydrogen-bond acceptors (Lipinski definition) is 5. The Labute approximate surface area is 177 Å². The first-order chi connectivity index (χ1) is 12.7. The van der Waals surface area contributed by atoms with Crippen LogP contribution in [0.2, 0.25) is 18.1 Å². The van der Waals surface area contributed by atoms with E-state index < -0.39 is 26.1 Å². The number of esters is 1. The van der Waals surface area contributed by atoms with Crippen LogP contribution >= 0.6 is 22.6 Å². The van der Waals surface area contributed by atoms with Crippen LogP contribution in [0.15, 0.2) is 34.5 Å². The predicted octanol–water partition coefficient (Wildman–Crippen LogP) is 4.26. The molecule has 0 radical (unpaired) electrons. The summed E-state index contributed by atoms with van der Waals surface area (Å²) in [7, 11) is -2.02. The molecule has 0 aromatic carbocycles. The minimum absolute atomic E-state index is 0.173. The van der Waals surface area contributed by atoms with Crippen molar-refractivity contribution in [3.8, 4) is 0 Å². The van der Waals surface area contributed by atoms with Crippen molar-refractivity contribution in [1.29, 1.82) is 0 Å². The molecule has 2 N–H and O–H groups in total. The first-order valence-electron chi connectivity index (χ1n) is 9.63. The first-order valence-corrected chi connectivity index (χ1v) is 13.4. The van der Waals surface area contributed by atoms with E-state index in [1.54, 1.807) is 22.3 Å². The highest BCUT2D eigenvalue weighted by molar-refractivity contribution is 14.1. The molecule has 1 rings (SSSR count). The Morgan fingerprint density at radius 2 is 2.00 bits per heavy atom. The number of rotatable bonds is 11. The summed E-state index contributed by atoms with van der Waals surface area (Å²) in [6.07, 6.45) is 7.25. The monoisotopic (exact) mass is 508 g/mol. The highest BCUT2D eigenvalue weighted by Crippen LogP contribution is 2.33. The molecule has 0 saturated heterocycles. The highest BCUT2D eigenvalue weighted by atomic mass is 127. The fraction of sp³-hybridized carbons (Fsp3) is 0.650. The Morgan fingerprint density at radius 3 is 2.52 bits per heavy atom. The molecule has 0 amide bonds. The number of carbonyl (C=O) groups excluding carboxylic acids is 1. The van der Waals surface area contributed by atoms with Crippen LogP contribution in [-0.2, 0) is 14.0 Å². The molecule has 154 valence electrons. The molecular formula is C20H33IO5Si. The number of ether oxygens (including phenoxy) is 1. The van der Waals surface area contributed by atoms with E-state index in [1.165, 1.54) is 6.08 Å². The van der Waals surface area contributed by atoms with Gasteiger partial charge in [0.05, 0.1) is 17.8 Å². The standard InChI is InChI=1S/C20H33IO5Si/c1-5-27(6-2,7-3)26-20(4,18(23)15-16(22)12-14-21)13-11-17-9-8-10-19(24)25-17/h8,10-14,16-18,22-23H,5-7,9,15H2,1-4H3/b13-11+,14-12-/t16-,17-,18-,20-/m1/s1. The average Bonchev–Trinajstić information content (AvgIpc) is 2.65. The van der Waals surface area contributed by atoms with Gasteiger partial charge in [0.2, 0.25) is 0 Å². The molecule has 0 bridgehead atoms. The van der Waals surface area contributed by atoms with E-state index in [2.05, 4.69) is 20.8 Å². The molecule has 0 aromatic heterocycles. The van der Waals surface area contributed by atoms with Gasteiger partial charge in [0.15, 0.2) is 8.32 Å². The van der Waals surface area contributed by atoms with E-state index in [0.717, 1.165) is 18.1 Å². The zero-order valence-corrected chi connectivity index (χ0v) is 19.9. The maximum atomic E-state index is 11.5. The maximum Gasteiger partial charge on any atom is 0.331 e. The van der Waals surface area contributed by atoms with Gasteiger partial charge in [0, 0.05) is 18.9 Å². The molecule has 0 aliphatic carbocycles. The summed E-state index contributed by atoms with van der Waals surface area (Å²) in [4.78, 5) is 11.5. The molecule has 7 heteroatoms. The van der Waals surface area contributed by atoms with Crippen LogP contribution in [0.1, 0.15) is 40.5 Å². The first kappa shape index (κ1) is 24.6. The van der Waals surface area contributed by atoms with Crippen molar-refractivity contribution in [2.75, 3.05) is 0 Å². The van der Waals surface area contributed by atoms with E-state index in [9.17, 15) is 15.0 Å². The number of carbonyl (C=O) groups is 1. The number of aliphatic hydroxyl groups excluding tert-OH is 2. The van der Waals surface area contributed by atoms with Crippen molar-refractivity contribution in [2.45, 2.75) is 82.6 Å². The average molecular weight is 508 g/mol. The lowest BCUT2D eigenvalue weighted by Crippen LogP contribution is -2.51. The van der Waals surface area contributed by atoms with Crippen LogP contribution in [0.4, 0.5) is 0 Å². The van der Waals surface area contributed by atoms with Gasteiger partial charge in [-0.1, -0.05) is 61.6 Å². The number of cyclic esters (lactones) is 1. The molecule has 4 atom stereocenters. The normalized spacial score (nSPS) is 22.8. The molecular weight excluding hydrogens is 475 g/mol. The van der Waals surface area contributed by atoms with Gasteiger partial charge in [-0.05, 0) is 35.2 Å². The van der Waals surface area contributed by atoms with E-state index in [4.69, 9.17) is 9.16 Å². The Hall–Kier alpha value is -0.483. The van der Waals surface area contributed by atoms with Crippen molar-refractivity contribution in [2.24, 2.45) is 0 Å². The molecule has 1 aliphatic rings. The molecule has 0 spiro atoms. The van der Waals surface area contributed by atoms with Gasteiger partial charge < -0.3 is 19.4 Å². The lowest BCUT2D eigenvalue weighted by Gasteiger charge is -2.42. The molecule has 0 aromatic rings. The van der Waals surface area contributed by atoms with Crippen LogP contribution in [0.5, 0.6) is 0 Å². The van der Waals surface area contributed by atoms with E-state index in [1.807, 2.05) is 35.6 Å². The summed E-state index contributed by atoms with van der Waals surface area (Å²) in [6.45, 7) is 8.27. The van der Waals surface area contributed by atoms with E-state index in [-0.39, 0.29) is 18.5 Å². The Morgan fingerprint density at radius 1 is 1.37 bits per heavy atom. The summed E-state index contributed by atoms with van der Waals surface area (Å²) in [5, 5.41) is 21.0. The van der Waals surface area contributed by atoms with Gasteiger partial charge in [-0.2, -0.15) is 0 Å². The van der Waals surface area contributed by atoms with Crippen LogP contribution in [0.25, 0.3) is 0 Å². The molecule has 1 heterocycles. The second kappa shape index (κ2) is 11.5. The summed E-state index contributed by atoms with van der Waals surface area (Å²) in [6, 6.07) is 2.86. The van der Waals surface area contributed by atoms with Crippen LogP contribution in [0, 0.1) is 0 Å². The smallest absolute Gasteiger partial charge is 0.331 e. The summed E-state index contributed by atoms with van der Waals surface area (Å²) < 4.78 is 13.7. The quantitative estimate of drug-likeness (QED) is 0.189. The summed E-state index contributed by atoms with van der Waals surface area (Å²) >= 11 is 2.04. The van der Waals surface area contributed by atoms with Crippen molar-refractivity contribution < 1.29 is 24.2 Å². The maximum absolute atomic E-state index is 11.5. The highest BCUT2D eigenvalue weighted by Gasteiger charge is 2.41. The van der Waals surface area contributed by atoms with Crippen LogP contribution in [0.3, 0.4) is 0 Å². The zero-order valence-electron chi connectivity index (χ0n) is 16.7. The summed E-state index contributed by atoms with van der Waals surface area (Å²) in [5.41, 5.74) is -0.956. The van der Waals surface area contributed by atoms with Crippen LogP contribution < -0.4 is 0 Å². The molecule has 5 nitrogen and oxygen atoms in total. The van der Waals surface area contributed by atoms with Crippen molar-refractivity contribution >= 4 is 36.9 Å². The van der Waals surface area contributed by atoms with Gasteiger partial charge in [0.25, 0.3) is 0 Å². The van der Waals surface area contributed by atoms with Crippen LogP contribution in [-0.4, -0.2) is 48.4 Å². The van der Waals surface area contributed by atoms with Crippen molar-refractivity contribution in [3.63, 3.8) is 0 Å². The molecule has 0 unspecified atom stereocenters. The lowest BCUT2D eigenvalue weighted by molar-refractivity contribution is -0.141. The number of halogens is 1. The third kappa shape index (κ3) is 7.45. The third-order valence-corrected chi connectivity index (χ3v) is 10.5. The fourth-order valence-corrected chi connectivity index (χ4v) is 6.77. The topological polar surface area (TPSA) is 76.0 Å². The van der Waals surface area contributed by atoms with Crippen molar-refractivity contribution in [1.82, 2.24) is 0 Å². The molecule has 1 aliphatic heterocycles. The second-order valence-electron chi connectivity index (χ2n) is 7.14. The Kier molecular flexibility index (Phi) is 10.5. The number of aliphatic hydroxyl groups is 2. The van der Waals surface area contributed by atoms with Gasteiger partial charge >= 0.3 is 5.97 Å². The number of hydrogen-bond donors (Lipinski definition) is 2. The van der Waals surface area contributed by atoms with Gasteiger partial charge in [-0.15, -0.1) is 0 Å².